The molecule has 0 aromatic rings. The van der Waals surface area contributed by atoms with Crippen molar-refractivity contribution in [2.45, 2.75) is 69.6 Å². The summed E-state index contributed by atoms with van der Waals surface area (Å²) in [4.78, 5) is 2.59. The number of rotatable bonds is 2. The lowest BCUT2D eigenvalue weighted by Gasteiger charge is -2.40. The number of hydrogen-bond acceptors (Lipinski definition) is 3. The average Bonchev–Trinajstić information content (AvgIpc) is 2.89. The molecular formula is C15H28N2O. The van der Waals surface area contributed by atoms with Gasteiger partial charge < -0.3 is 10.1 Å². The molecule has 0 aromatic heterocycles. The summed E-state index contributed by atoms with van der Waals surface area (Å²) in [6.07, 6.45) is 8.49. The third kappa shape index (κ3) is 2.73. The molecule has 0 radical (unpaired) electrons. The Bertz CT molecular complexity index is 297. The number of piperazine rings is 1. The minimum atomic E-state index is 0.266. The van der Waals surface area contributed by atoms with Crippen molar-refractivity contribution in [1.82, 2.24) is 10.2 Å². The van der Waals surface area contributed by atoms with E-state index in [0.29, 0.717) is 11.7 Å². The van der Waals surface area contributed by atoms with Gasteiger partial charge in [0.15, 0.2) is 0 Å². The fraction of sp³-hybridized carbons (Fsp3) is 1.00. The monoisotopic (exact) mass is 252 g/mol. The lowest BCUT2D eigenvalue weighted by Crippen LogP contribution is -2.58. The van der Waals surface area contributed by atoms with Crippen LogP contribution in [-0.4, -0.2) is 48.3 Å². The molecule has 3 nitrogen and oxygen atoms in total. The Kier molecular flexibility index (Phi) is 3.41. The third-order valence-corrected chi connectivity index (χ3v) is 4.97. The van der Waals surface area contributed by atoms with Crippen LogP contribution >= 0.6 is 0 Å². The van der Waals surface area contributed by atoms with Crippen molar-refractivity contribution >= 4 is 0 Å². The van der Waals surface area contributed by atoms with Gasteiger partial charge in [0.1, 0.15) is 0 Å². The van der Waals surface area contributed by atoms with Crippen LogP contribution < -0.4 is 5.32 Å². The molecule has 1 N–H and O–H groups in total. The molecule has 2 aliphatic heterocycles. The van der Waals surface area contributed by atoms with E-state index in [-0.39, 0.29) is 5.54 Å². The van der Waals surface area contributed by atoms with Crippen LogP contribution in [0.2, 0.25) is 0 Å². The quantitative estimate of drug-likeness (QED) is 0.815. The maximum Gasteiger partial charge on any atom is 0.0710 e. The van der Waals surface area contributed by atoms with Crippen molar-refractivity contribution in [2.24, 2.45) is 0 Å². The second-order valence-electron chi connectivity index (χ2n) is 7.21. The second kappa shape index (κ2) is 4.77. The van der Waals surface area contributed by atoms with Crippen LogP contribution in [0.1, 0.15) is 52.4 Å². The highest BCUT2D eigenvalue weighted by atomic mass is 16.5. The first-order valence-corrected chi connectivity index (χ1v) is 7.72. The van der Waals surface area contributed by atoms with Gasteiger partial charge in [-0.1, -0.05) is 12.8 Å². The van der Waals surface area contributed by atoms with Gasteiger partial charge in [-0.05, 0) is 39.5 Å². The van der Waals surface area contributed by atoms with Crippen LogP contribution in [-0.2, 0) is 4.74 Å². The van der Waals surface area contributed by atoms with Gasteiger partial charge in [-0.15, -0.1) is 0 Å². The van der Waals surface area contributed by atoms with E-state index in [9.17, 15) is 0 Å². The van der Waals surface area contributed by atoms with Gasteiger partial charge in [-0.2, -0.15) is 0 Å². The fourth-order valence-corrected chi connectivity index (χ4v) is 4.10. The summed E-state index contributed by atoms with van der Waals surface area (Å²) >= 11 is 0. The van der Waals surface area contributed by atoms with E-state index in [4.69, 9.17) is 4.74 Å². The van der Waals surface area contributed by atoms with Gasteiger partial charge >= 0.3 is 0 Å². The van der Waals surface area contributed by atoms with Crippen LogP contribution in [0.15, 0.2) is 0 Å². The van der Waals surface area contributed by atoms with Crippen molar-refractivity contribution in [3.8, 4) is 0 Å². The molecule has 1 unspecified atom stereocenters. The SMILES string of the molecule is CC1(C)CN(CC2CCC3(CCCC3)O2)CCN1. The van der Waals surface area contributed by atoms with E-state index in [2.05, 4.69) is 24.1 Å². The zero-order valence-corrected chi connectivity index (χ0v) is 12.0. The van der Waals surface area contributed by atoms with Crippen LogP contribution in [0.3, 0.4) is 0 Å². The molecule has 104 valence electrons. The average molecular weight is 252 g/mol. The lowest BCUT2D eigenvalue weighted by atomic mass is 9.98. The molecule has 2 saturated heterocycles. The zero-order chi connectivity index (χ0) is 12.6. The zero-order valence-electron chi connectivity index (χ0n) is 12.0. The molecule has 1 spiro atoms. The highest BCUT2D eigenvalue weighted by molar-refractivity contribution is 4.95. The van der Waals surface area contributed by atoms with Gasteiger partial charge in [-0.25, -0.2) is 0 Å². The van der Waals surface area contributed by atoms with E-state index in [1.165, 1.54) is 45.1 Å². The van der Waals surface area contributed by atoms with Gasteiger partial charge in [-0.3, -0.25) is 4.90 Å². The maximum absolute atomic E-state index is 6.42. The van der Waals surface area contributed by atoms with Crippen molar-refractivity contribution in [3.05, 3.63) is 0 Å². The highest BCUT2D eigenvalue weighted by Gasteiger charge is 2.42. The molecule has 3 rings (SSSR count). The Morgan fingerprint density at radius 2 is 2.00 bits per heavy atom. The van der Waals surface area contributed by atoms with E-state index in [1.807, 2.05) is 0 Å². The summed E-state index contributed by atoms with van der Waals surface area (Å²) in [5, 5.41) is 3.58. The summed E-state index contributed by atoms with van der Waals surface area (Å²) in [7, 11) is 0. The van der Waals surface area contributed by atoms with Crippen LogP contribution in [0.5, 0.6) is 0 Å². The number of nitrogens with zero attached hydrogens (tertiary/aromatic N) is 1. The predicted octanol–water partition coefficient (Wildman–Crippen LogP) is 2.16. The van der Waals surface area contributed by atoms with Crippen LogP contribution in [0.4, 0.5) is 0 Å². The van der Waals surface area contributed by atoms with Gasteiger partial charge in [0, 0.05) is 31.7 Å². The largest absolute Gasteiger partial charge is 0.370 e. The smallest absolute Gasteiger partial charge is 0.0710 e. The second-order valence-corrected chi connectivity index (χ2v) is 7.21. The molecule has 2 heterocycles. The van der Waals surface area contributed by atoms with Crippen molar-refractivity contribution in [3.63, 3.8) is 0 Å². The Hall–Kier alpha value is -0.120. The molecule has 3 aliphatic rings. The van der Waals surface area contributed by atoms with Crippen LogP contribution in [0.25, 0.3) is 0 Å². The molecular weight excluding hydrogens is 224 g/mol. The Morgan fingerprint density at radius 1 is 1.22 bits per heavy atom. The molecule has 0 aromatic carbocycles. The minimum absolute atomic E-state index is 0.266. The van der Waals surface area contributed by atoms with E-state index < -0.39 is 0 Å². The first kappa shape index (κ1) is 12.9. The molecule has 3 heteroatoms. The predicted molar refractivity (Wildman–Crippen MR) is 73.8 cm³/mol. The van der Waals surface area contributed by atoms with Crippen LogP contribution in [0, 0.1) is 0 Å². The van der Waals surface area contributed by atoms with E-state index >= 15 is 0 Å². The Morgan fingerprint density at radius 3 is 2.72 bits per heavy atom. The Labute approximate surface area is 111 Å². The number of nitrogens with one attached hydrogen (secondary N) is 1. The summed E-state index contributed by atoms with van der Waals surface area (Å²) in [5.41, 5.74) is 0.566. The topological polar surface area (TPSA) is 24.5 Å². The summed E-state index contributed by atoms with van der Waals surface area (Å²) in [5.74, 6) is 0. The van der Waals surface area contributed by atoms with Gasteiger partial charge in [0.25, 0.3) is 0 Å². The van der Waals surface area contributed by atoms with Gasteiger partial charge in [0.05, 0.1) is 11.7 Å². The molecule has 1 saturated carbocycles. The molecule has 1 atom stereocenters. The van der Waals surface area contributed by atoms with Gasteiger partial charge in [0.2, 0.25) is 0 Å². The normalized spacial score (nSPS) is 35.3. The molecule has 3 fully saturated rings. The van der Waals surface area contributed by atoms with E-state index in [0.717, 1.165) is 19.6 Å². The number of ether oxygens (including phenoxy) is 1. The fourth-order valence-electron chi connectivity index (χ4n) is 4.10. The summed E-state index contributed by atoms with van der Waals surface area (Å²) in [6.45, 7) is 9.19. The Balaban J connectivity index is 1.52. The standard InChI is InChI=1S/C15H28N2O/c1-14(2)12-17(10-9-16-14)11-13-5-8-15(18-13)6-3-4-7-15/h13,16H,3-12H2,1-2H3. The third-order valence-electron chi connectivity index (χ3n) is 4.97. The first-order chi connectivity index (χ1) is 8.57. The summed E-state index contributed by atoms with van der Waals surface area (Å²) < 4.78 is 6.42. The molecule has 0 bridgehead atoms. The molecule has 18 heavy (non-hydrogen) atoms. The minimum Gasteiger partial charge on any atom is -0.370 e. The van der Waals surface area contributed by atoms with E-state index in [1.54, 1.807) is 0 Å². The highest BCUT2D eigenvalue weighted by Crippen LogP contribution is 2.43. The first-order valence-electron chi connectivity index (χ1n) is 7.72. The maximum atomic E-state index is 6.42. The molecule has 1 aliphatic carbocycles. The van der Waals surface area contributed by atoms with Crippen molar-refractivity contribution < 1.29 is 4.74 Å². The molecule has 0 amide bonds. The lowest BCUT2D eigenvalue weighted by molar-refractivity contribution is -0.0510. The van der Waals surface area contributed by atoms with Crippen molar-refractivity contribution in [2.75, 3.05) is 26.2 Å². The van der Waals surface area contributed by atoms with Crippen molar-refractivity contribution in [1.29, 1.82) is 0 Å². The summed E-state index contributed by atoms with van der Waals surface area (Å²) in [6, 6.07) is 0. The number of hydrogen-bond donors (Lipinski definition) is 1.